The van der Waals surface area contributed by atoms with E-state index in [1.54, 1.807) is 6.92 Å². The van der Waals surface area contributed by atoms with E-state index >= 15 is 0 Å². The van der Waals surface area contributed by atoms with Gasteiger partial charge in [-0.2, -0.15) is 0 Å². The van der Waals surface area contributed by atoms with Gasteiger partial charge >= 0.3 is 0 Å². The number of benzene rings is 1. The first-order valence-corrected chi connectivity index (χ1v) is 10.7. The zero-order chi connectivity index (χ0) is 23.8. The van der Waals surface area contributed by atoms with Gasteiger partial charge in [0.25, 0.3) is 5.91 Å². The number of fused-ring (bicyclic) bond motifs is 1. The molecule has 0 unspecified atom stereocenters. The number of hydrogen-bond donors (Lipinski definition) is 2. The number of hydrogen-bond acceptors (Lipinski definition) is 4. The molecule has 2 aromatic rings. The molecule has 1 aliphatic rings. The van der Waals surface area contributed by atoms with Crippen LogP contribution in [0, 0.1) is 24.0 Å². The first-order valence-electron chi connectivity index (χ1n) is 10.7. The Balaban J connectivity index is 2.12. The van der Waals surface area contributed by atoms with Crippen molar-refractivity contribution in [2.24, 2.45) is 5.41 Å². The van der Waals surface area contributed by atoms with Crippen molar-refractivity contribution in [1.82, 2.24) is 25.1 Å². The third-order valence-electron chi connectivity index (χ3n) is 5.77. The van der Waals surface area contributed by atoms with E-state index in [2.05, 4.69) is 20.5 Å². The van der Waals surface area contributed by atoms with E-state index in [1.807, 2.05) is 32.4 Å². The van der Waals surface area contributed by atoms with Gasteiger partial charge < -0.3 is 20.1 Å². The van der Waals surface area contributed by atoms with E-state index in [-0.39, 0.29) is 23.0 Å². The predicted molar refractivity (Wildman–Crippen MR) is 118 cm³/mol. The number of nitrogens with one attached hydrogen (secondary N) is 2. The second-order valence-corrected chi connectivity index (χ2v) is 9.44. The smallest absolute Gasteiger partial charge is 0.272 e. The summed E-state index contributed by atoms with van der Waals surface area (Å²) in [6, 6.07) is 1.48. The van der Waals surface area contributed by atoms with Gasteiger partial charge in [0.05, 0.1) is 11.3 Å². The molecular weight excluding hydrogens is 416 g/mol. The predicted octanol–water partition coefficient (Wildman–Crippen LogP) is 2.86. The third kappa shape index (κ3) is 4.67. The molecule has 0 saturated heterocycles. The highest BCUT2D eigenvalue weighted by Crippen LogP contribution is 2.30. The number of rotatable bonds is 4. The first-order chi connectivity index (χ1) is 14.9. The van der Waals surface area contributed by atoms with Gasteiger partial charge in [-0.05, 0) is 44.0 Å². The quantitative estimate of drug-likeness (QED) is 0.756. The third-order valence-corrected chi connectivity index (χ3v) is 5.77. The number of aryl methyl sites for hydroxylation is 1. The number of likely N-dealkylation sites (N-methyl/N-ethyl adjacent to an activating group) is 1. The molecule has 1 aliphatic heterocycles. The largest absolute Gasteiger partial charge is 0.357 e. The van der Waals surface area contributed by atoms with Crippen molar-refractivity contribution in [2.75, 3.05) is 20.6 Å². The molecule has 0 fully saturated rings. The summed E-state index contributed by atoms with van der Waals surface area (Å²) in [5.41, 5.74) is 0.693. The molecule has 32 heavy (non-hydrogen) atoms. The van der Waals surface area contributed by atoms with Gasteiger partial charge in [-0.25, -0.2) is 13.8 Å². The molecule has 0 saturated carbocycles. The standard InChI is InChI=1S/C23H31F2N5O2/c1-13-10-14(16(25)11-15(13)24)20-27-18(17-12-29(6)8-7-9-30(17)20)21(31)28-19(22(32)26-5)23(2,3)4/h10-11,19H,7-9,12H2,1-6H3,(H,26,32)(H,28,31)/t19-/m1/s1. The molecule has 174 valence electrons. The molecule has 1 aromatic heterocycles. The van der Waals surface area contributed by atoms with Gasteiger partial charge in [0.2, 0.25) is 5.91 Å². The highest BCUT2D eigenvalue weighted by Gasteiger charge is 2.35. The summed E-state index contributed by atoms with van der Waals surface area (Å²) < 4.78 is 30.4. The summed E-state index contributed by atoms with van der Waals surface area (Å²) in [6.45, 7) is 8.92. The molecule has 2 amide bonds. The van der Waals surface area contributed by atoms with Gasteiger partial charge in [0.1, 0.15) is 23.5 Å². The minimum Gasteiger partial charge on any atom is -0.357 e. The molecule has 0 aliphatic carbocycles. The maximum atomic E-state index is 14.7. The summed E-state index contributed by atoms with van der Waals surface area (Å²) in [6.07, 6.45) is 0.790. The van der Waals surface area contributed by atoms with E-state index < -0.39 is 29.0 Å². The summed E-state index contributed by atoms with van der Waals surface area (Å²) in [4.78, 5) is 32.3. The molecule has 2 N–H and O–H groups in total. The molecule has 7 nitrogen and oxygen atoms in total. The minimum atomic E-state index is -0.783. The van der Waals surface area contributed by atoms with Crippen LogP contribution in [0.5, 0.6) is 0 Å². The van der Waals surface area contributed by atoms with Crippen LogP contribution in [-0.4, -0.2) is 52.9 Å². The molecule has 0 bridgehead atoms. The Bertz CT molecular complexity index is 1040. The van der Waals surface area contributed by atoms with Crippen LogP contribution in [0.2, 0.25) is 0 Å². The van der Waals surface area contributed by atoms with Crippen molar-refractivity contribution in [3.63, 3.8) is 0 Å². The van der Waals surface area contributed by atoms with Crippen LogP contribution in [-0.2, 0) is 17.9 Å². The zero-order valence-electron chi connectivity index (χ0n) is 19.5. The molecule has 0 radical (unpaired) electrons. The zero-order valence-corrected chi connectivity index (χ0v) is 19.5. The molecule has 1 aromatic carbocycles. The molecule has 1 atom stereocenters. The molecule has 9 heteroatoms. The number of halogens is 2. The summed E-state index contributed by atoms with van der Waals surface area (Å²) in [5.74, 6) is -1.89. The lowest BCUT2D eigenvalue weighted by atomic mass is 9.86. The Morgan fingerprint density at radius 1 is 1.16 bits per heavy atom. The molecule has 0 spiro atoms. The van der Waals surface area contributed by atoms with Crippen LogP contribution in [0.1, 0.15) is 48.9 Å². The minimum absolute atomic E-state index is 0.146. The average molecular weight is 448 g/mol. The number of nitrogens with zero attached hydrogens (tertiary/aromatic N) is 3. The summed E-state index contributed by atoms with van der Waals surface area (Å²) >= 11 is 0. The topological polar surface area (TPSA) is 79.3 Å². The Morgan fingerprint density at radius 2 is 1.84 bits per heavy atom. The van der Waals surface area contributed by atoms with Crippen LogP contribution in [0.3, 0.4) is 0 Å². The van der Waals surface area contributed by atoms with Crippen LogP contribution in [0.15, 0.2) is 12.1 Å². The van der Waals surface area contributed by atoms with Crippen LogP contribution in [0.4, 0.5) is 8.78 Å². The molecule has 3 rings (SSSR count). The average Bonchev–Trinajstić information content (AvgIpc) is 2.93. The van der Waals surface area contributed by atoms with Crippen molar-refractivity contribution < 1.29 is 18.4 Å². The molecular formula is C23H31F2N5O2. The van der Waals surface area contributed by atoms with E-state index in [4.69, 9.17) is 0 Å². The summed E-state index contributed by atoms with van der Waals surface area (Å²) in [7, 11) is 3.46. The normalized spacial score (nSPS) is 15.6. The van der Waals surface area contributed by atoms with Crippen LogP contribution in [0.25, 0.3) is 11.4 Å². The second-order valence-electron chi connectivity index (χ2n) is 9.44. The van der Waals surface area contributed by atoms with E-state index in [9.17, 15) is 18.4 Å². The lowest BCUT2D eigenvalue weighted by Crippen LogP contribution is -2.53. The number of aromatic nitrogens is 2. The lowest BCUT2D eigenvalue weighted by Gasteiger charge is -2.29. The number of imidazole rings is 1. The highest BCUT2D eigenvalue weighted by molar-refractivity contribution is 5.97. The van der Waals surface area contributed by atoms with Gasteiger partial charge in [-0.3, -0.25) is 9.59 Å². The summed E-state index contributed by atoms with van der Waals surface area (Å²) in [5, 5.41) is 5.40. The van der Waals surface area contributed by atoms with Gasteiger partial charge in [-0.1, -0.05) is 20.8 Å². The van der Waals surface area contributed by atoms with Crippen molar-refractivity contribution in [1.29, 1.82) is 0 Å². The van der Waals surface area contributed by atoms with Crippen LogP contribution < -0.4 is 10.6 Å². The fraction of sp³-hybridized carbons (Fsp3) is 0.522. The fourth-order valence-electron chi connectivity index (χ4n) is 3.96. The number of amides is 2. The van der Waals surface area contributed by atoms with Gasteiger partial charge in [0, 0.05) is 26.2 Å². The van der Waals surface area contributed by atoms with Crippen molar-refractivity contribution >= 4 is 11.8 Å². The van der Waals surface area contributed by atoms with Crippen molar-refractivity contribution in [3.8, 4) is 11.4 Å². The Labute approximate surface area is 187 Å². The Hall–Kier alpha value is -2.81. The maximum Gasteiger partial charge on any atom is 0.272 e. The molecule has 2 heterocycles. The van der Waals surface area contributed by atoms with Crippen molar-refractivity contribution in [3.05, 3.63) is 40.7 Å². The maximum absolute atomic E-state index is 14.7. The number of carbonyl (C=O) groups excluding carboxylic acids is 2. The lowest BCUT2D eigenvalue weighted by molar-refractivity contribution is -0.124. The van der Waals surface area contributed by atoms with Gasteiger partial charge in [0.15, 0.2) is 5.69 Å². The Kier molecular flexibility index (Phi) is 6.69. The van der Waals surface area contributed by atoms with E-state index in [0.717, 1.165) is 19.0 Å². The fourth-order valence-corrected chi connectivity index (χ4v) is 3.96. The van der Waals surface area contributed by atoms with Crippen LogP contribution >= 0.6 is 0 Å². The first kappa shape index (κ1) is 23.8. The van der Waals surface area contributed by atoms with E-state index in [0.29, 0.717) is 24.3 Å². The second kappa shape index (κ2) is 8.97. The highest BCUT2D eigenvalue weighted by atomic mass is 19.1. The number of carbonyl (C=O) groups is 2. The van der Waals surface area contributed by atoms with E-state index in [1.165, 1.54) is 13.1 Å². The van der Waals surface area contributed by atoms with Gasteiger partial charge in [-0.15, -0.1) is 0 Å². The van der Waals surface area contributed by atoms with Crippen molar-refractivity contribution in [2.45, 2.75) is 53.2 Å². The SMILES string of the molecule is CNC(=O)[C@@H](NC(=O)c1nc(-c2cc(C)c(F)cc2F)n2c1CN(C)CCC2)C(C)(C)C. The Morgan fingerprint density at radius 3 is 2.47 bits per heavy atom. The monoisotopic (exact) mass is 447 g/mol.